The highest BCUT2D eigenvalue weighted by molar-refractivity contribution is 7.14. The fourth-order valence-electron chi connectivity index (χ4n) is 3.09. The van der Waals surface area contributed by atoms with Gasteiger partial charge in [-0.1, -0.05) is 36.4 Å². The molecule has 7 nitrogen and oxygen atoms in total. The van der Waals surface area contributed by atoms with Crippen molar-refractivity contribution in [2.24, 2.45) is 0 Å². The van der Waals surface area contributed by atoms with E-state index in [2.05, 4.69) is 10.3 Å². The number of aromatic nitrogens is 1. The van der Waals surface area contributed by atoms with E-state index >= 15 is 0 Å². The third-order valence-corrected chi connectivity index (χ3v) is 5.31. The Morgan fingerprint density at radius 1 is 1.07 bits per heavy atom. The topological polar surface area (TPSA) is 97.8 Å². The standard InChI is InChI=1S/C22H22N2O5S/c1-28-18-9-8-15(10-19(18)29-2)16(12-21(26)27)11-20(25)24-22-23-17(13-30-22)14-6-4-3-5-7-14/h3-10,13,16H,11-12H2,1-2H3,(H,26,27)(H,23,24,25)/t16-/m0/s1. The number of carboxylic acids is 1. The molecule has 0 aliphatic heterocycles. The lowest BCUT2D eigenvalue weighted by Gasteiger charge is -2.17. The van der Waals surface area contributed by atoms with Gasteiger partial charge in [-0.25, -0.2) is 4.98 Å². The molecule has 30 heavy (non-hydrogen) atoms. The molecule has 0 bridgehead atoms. The summed E-state index contributed by atoms with van der Waals surface area (Å²) >= 11 is 1.32. The molecule has 0 aliphatic carbocycles. The number of thiazole rings is 1. The predicted molar refractivity (Wildman–Crippen MR) is 115 cm³/mol. The molecule has 1 amide bonds. The van der Waals surface area contributed by atoms with Gasteiger partial charge in [0.1, 0.15) is 0 Å². The number of hydrogen-bond acceptors (Lipinski definition) is 6. The number of amides is 1. The van der Waals surface area contributed by atoms with Crippen LogP contribution in [0.15, 0.2) is 53.9 Å². The number of carboxylic acid groups (broad SMARTS) is 1. The molecule has 2 aromatic carbocycles. The lowest BCUT2D eigenvalue weighted by atomic mass is 9.92. The van der Waals surface area contributed by atoms with E-state index in [4.69, 9.17) is 9.47 Å². The first-order chi connectivity index (χ1) is 14.5. The second-order valence-corrected chi connectivity index (χ2v) is 7.42. The van der Waals surface area contributed by atoms with Crippen molar-refractivity contribution in [1.29, 1.82) is 0 Å². The van der Waals surface area contributed by atoms with Gasteiger partial charge in [0.15, 0.2) is 16.6 Å². The van der Waals surface area contributed by atoms with E-state index in [1.807, 2.05) is 35.7 Å². The van der Waals surface area contributed by atoms with Crippen LogP contribution in [0.25, 0.3) is 11.3 Å². The van der Waals surface area contributed by atoms with Gasteiger partial charge in [-0.05, 0) is 17.7 Å². The van der Waals surface area contributed by atoms with Gasteiger partial charge in [0.05, 0.1) is 26.3 Å². The number of nitrogens with zero attached hydrogens (tertiary/aromatic N) is 1. The van der Waals surface area contributed by atoms with E-state index in [1.165, 1.54) is 25.6 Å². The molecule has 156 valence electrons. The minimum atomic E-state index is -0.983. The summed E-state index contributed by atoms with van der Waals surface area (Å²) in [6, 6.07) is 14.8. The van der Waals surface area contributed by atoms with E-state index in [1.54, 1.807) is 18.2 Å². The van der Waals surface area contributed by atoms with Gasteiger partial charge >= 0.3 is 5.97 Å². The van der Waals surface area contributed by atoms with Crippen molar-refractivity contribution in [3.8, 4) is 22.8 Å². The van der Waals surface area contributed by atoms with Gasteiger partial charge in [0.25, 0.3) is 0 Å². The zero-order valence-electron chi connectivity index (χ0n) is 16.6. The number of benzene rings is 2. The summed E-state index contributed by atoms with van der Waals surface area (Å²) in [5, 5.41) is 14.4. The molecule has 0 fully saturated rings. The van der Waals surface area contributed by atoms with E-state index < -0.39 is 11.9 Å². The lowest BCUT2D eigenvalue weighted by Crippen LogP contribution is -2.17. The molecule has 3 rings (SSSR count). The van der Waals surface area contributed by atoms with Crippen molar-refractivity contribution >= 4 is 28.3 Å². The van der Waals surface area contributed by atoms with Gasteiger partial charge in [-0.2, -0.15) is 0 Å². The summed E-state index contributed by atoms with van der Waals surface area (Å²) in [4.78, 5) is 28.4. The van der Waals surface area contributed by atoms with Gasteiger partial charge in [-0.3, -0.25) is 9.59 Å². The number of nitrogens with one attached hydrogen (secondary N) is 1. The second-order valence-electron chi connectivity index (χ2n) is 6.57. The maximum atomic E-state index is 12.6. The molecule has 0 aliphatic rings. The molecule has 1 atom stereocenters. The van der Waals surface area contributed by atoms with Crippen LogP contribution < -0.4 is 14.8 Å². The van der Waals surface area contributed by atoms with Crippen LogP contribution in [0.5, 0.6) is 11.5 Å². The highest BCUT2D eigenvalue weighted by Crippen LogP contribution is 2.33. The minimum Gasteiger partial charge on any atom is -0.493 e. The number of carbonyl (C=O) groups is 2. The van der Waals surface area contributed by atoms with Crippen LogP contribution in [0, 0.1) is 0 Å². The lowest BCUT2D eigenvalue weighted by molar-refractivity contribution is -0.137. The highest BCUT2D eigenvalue weighted by atomic mass is 32.1. The van der Waals surface area contributed by atoms with Crippen molar-refractivity contribution in [3.63, 3.8) is 0 Å². The number of hydrogen-bond donors (Lipinski definition) is 2. The quantitative estimate of drug-likeness (QED) is 0.526. The summed E-state index contributed by atoms with van der Waals surface area (Å²) in [6.07, 6.45) is -0.182. The van der Waals surface area contributed by atoms with Gasteiger partial charge in [0, 0.05) is 23.3 Å². The molecule has 0 spiro atoms. The van der Waals surface area contributed by atoms with Crippen LogP contribution in [-0.4, -0.2) is 36.2 Å². The first-order valence-electron chi connectivity index (χ1n) is 9.24. The zero-order valence-corrected chi connectivity index (χ0v) is 17.4. The van der Waals surface area contributed by atoms with Crippen LogP contribution in [0.1, 0.15) is 24.3 Å². The van der Waals surface area contributed by atoms with Crippen LogP contribution in [0.3, 0.4) is 0 Å². The van der Waals surface area contributed by atoms with E-state index in [9.17, 15) is 14.7 Å². The van der Waals surface area contributed by atoms with Gasteiger partial charge in [-0.15, -0.1) is 11.3 Å². The van der Waals surface area contributed by atoms with Crippen molar-refractivity contribution in [2.75, 3.05) is 19.5 Å². The van der Waals surface area contributed by atoms with Crippen molar-refractivity contribution in [3.05, 3.63) is 59.5 Å². The van der Waals surface area contributed by atoms with Gasteiger partial charge in [0.2, 0.25) is 5.91 Å². The summed E-state index contributed by atoms with van der Waals surface area (Å²) in [5.74, 6) is -0.779. The fourth-order valence-corrected chi connectivity index (χ4v) is 3.83. The third kappa shape index (κ3) is 5.36. The Morgan fingerprint density at radius 2 is 1.80 bits per heavy atom. The average Bonchev–Trinajstić information content (AvgIpc) is 3.21. The maximum absolute atomic E-state index is 12.6. The Kier molecular flexibility index (Phi) is 7.03. The molecular formula is C22H22N2O5S. The van der Waals surface area contributed by atoms with Crippen LogP contribution in [-0.2, 0) is 9.59 Å². The first-order valence-corrected chi connectivity index (χ1v) is 10.1. The smallest absolute Gasteiger partial charge is 0.303 e. The maximum Gasteiger partial charge on any atom is 0.303 e. The zero-order chi connectivity index (χ0) is 21.5. The summed E-state index contributed by atoms with van der Waals surface area (Å²) in [5.41, 5.74) is 2.43. The van der Waals surface area contributed by atoms with E-state index in [-0.39, 0.29) is 18.7 Å². The largest absolute Gasteiger partial charge is 0.493 e. The average molecular weight is 426 g/mol. The number of rotatable bonds is 9. The Bertz CT molecular complexity index is 1020. The fraction of sp³-hybridized carbons (Fsp3) is 0.227. The third-order valence-electron chi connectivity index (χ3n) is 4.55. The van der Waals surface area contributed by atoms with Crippen LogP contribution in [0.2, 0.25) is 0 Å². The SMILES string of the molecule is COc1ccc([C@H](CC(=O)O)CC(=O)Nc2nc(-c3ccccc3)cs2)cc1OC. The van der Waals surface area contributed by atoms with E-state index in [0.717, 1.165) is 11.3 Å². The number of methoxy groups -OCH3 is 2. The monoisotopic (exact) mass is 426 g/mol. The van der Waals surface area contributed by atoms with Crippen molar-refractivity contribution in [2.45, 2.75) is 18.8 Å². The molecule has 0 saturated heterocycles. The Hall–Kier alpha value is -3.39. The minimum absolute atomic E-state index is 0.00202. The number of aliphatic carboxylic acids is 1. The normalized spacial score (nSPS) is 11.5. The molecule has 8 heteroatoms. The first kappa shape index (κ1) is 21.3. The number of anilines is 1. The molecule has 1 aromatic heterocycles. The Labute approximate surface area is 178 Å². The summed E-state index contributed by atoms with van der Waals surface area (Å²) in [6.45, 7) is 0. The van der Waals surface area contributed by atoms with Crippen LogP contribution >= 0.6 is 11.3 Å². The van der Waals surface area contributed by atoms with Crippen molar-refractivity contribution in [1.82, 2.24) is 4.98 Å². The summed E-state index contributed by atoms with van der Waals surface area (Å²) < 4.78 is 10.5. The molecule has 1 heterocycles. The molecule has 0 unspecified atom stereocenters. The highest BCUT2D eigenvalue weighted by Gasteiger charge is 2.22. The number of ether oxygens (including phenoxy) is 2. The van der Waals surface area contributed by atoms with Crippen LogP contribution in [0.4, 0.5) is 5.13 Å². The predicted octanol–water partition coefficient (Wildman–Crippen LogP) is 4.41. The molecule has 2 N–H and O–H groups in total. The van der Waals surface area contributed by atoms with Crippen molar-refractivity contribution < 1.29 is 24.2 Å². The molecule has 3 aromatic rings. The van der Waals surface area contributed by atoms with Gasteiger partial charge < -0.3 is 19.9 Å². The molecule has 0 saturated carbocycles. The number of carbonyl (C=O) groups excluding carboxylic acids is 1. The second kappa shape index (κ2) is 9.89. The Morgan fingerprint density at radius 3 is 2.47 bits per heavy atom. The summed E-state index contributed by atoms with van der Waals surface area (Å²) in [7, 11) is 3.03. The van der Waals surface area contributed by atoms with E-state index in [0.29, 0.717) is 22.2 Å². The molecule has 0 radical (unpaired) electrons. The Balaban J connectivity index is 1.73. The molecular weight excluding hydrogens is 404 g/mol.